The number of benzene rings is 2. The van der Waals surface area contributed by atoms with Crippen LogP contribution in [0.25, 0.3) is 11.3 Å². The summed E-state index contributed by atoms with van der Waals surface area (Å²) < 4.78 is 3.94. The molecule has 2 aromatic carbocycles. The maximum Gasteiger partial charge on any atom is 0.274 e. The Labute approximate surface area is 179 Å². The molecule has 2 heterocycles. The molecule has 1 aliphatic rings. The van der Waals surface area contributed by atoms with Crippen LogP contribution in [0.15, 0.2) is 60.8 Å². The van der Waals surface area contributed by atoms with Crippen LogP contribution in [0.2, 0.25) is 0 Å². The highest BCUT2D eigenvalue weighted by atomic mass is 16.5. The molecular weight excluding hydrogens is 390 g/mol. The van der Waals surface area contributed by atoms with Crippen molar-refractivity contribution in [2.45, 2.75) is 25.8 Å². The van der Waals surface area contributed by atoms with Gasteiger partial charge in [0.25, 0.3) is 5.91 Å². The number of hydrogen-bond acceptors (Lipinski definition) is 4. The third kappa shape index (κ3) is 3.64. The van der Waals surface area contributed by atoms with E-state index in [4.69, 9.17) is 10.3 Å². The Morgan fingerprint density at radius 1 is 1.03 bits per heavy atom. The van der Waals surface area contributed by atoms with E-state index in [9.17, 15) is 4.79 Å². The molecule has 0 atom stereocenters. The summed E-state index contributed by atoms with van der Waals surface area (Å²) in [5, 5.41) is 18.5. The van der Waals surface area contributed by atoms with Gasteiger partial charge in [-0.3, -0.25) is 19.4 Å². The van der Waals surface area contributed by atoms with Gasteiger partial charge in [0.05, 0.1) is 23.6 Å². The Morgan fingerprint density at radius 2 is 1.81 bits per heavy atom. The number of carbonyl (C=O) groups is 1. The average molecular weight is 413 g/mol. The molecule has 7 nitrogen and oxygen atoms in total. The molecule has 0 radical (unpaired) electrons. The third-order valence-corrected chi connectivity index (χ3v) is 5.77. The minimum absolute atomic E-state index is 0.410. The van der Waals surface area contributed by atoms with Crippen molar-refractivity contribution in [3.63, 3.8) is 0 Å². The van der Waals surface area contributed by atoms with Crippen LogP contribution in [0, 0.1) is 0 Å². The monoisotopic (exact) mass is 413 g/mol. The minimum atomic E-state index is -0.520. The summed E-state index contributed by atoms with van der Waals surface area (Å²) in [5.74, 6) is -0.520. The van der Waals surface area contributed by atoms with E-state index in [0.717, 1.165) is 47.5 Å². The number of nitrogens with zero attached hydrogens (tertiary/aromatic N) is 4. The van der Waals surface area contributed by atoms with Crippen molar-refractivity contribution in [1.82, 2.24) is 25.0 Å². The van der Waals surface area contributed by atoms with Gasteiger partial charge in [-0.25, -0.2) is 5.48 Å². The molecule has 0 saturated heterocycles. The Morgan fingerprint density at radius 3 is 2.55 bits per heavy atom. The van der Waals surface area contributed by atoms with E-state index in [-0.39, 0.29) is 0 Å². The van der Waals surface area contributed by atoms with Gasteiger partial charge in [0.2, 0.25) is 0 Å². The third-order valence-electron chi connectivity index (χ3n) is 5.77. The lowest BCUT2D eigenvalue weighted by molar-refractivity contribution is 0.0706. The van der Waals surface area contributed by atoms with Gasteiger partial charge >= 0.3 is 0 Å². The van der Waals surface area contributed by atoms with Crippen molar-refractivity contribution in [3.05, 3.63) is 94.4 Å². The van der Waals surface area contributed by atoms with Crippen LogP contribution in [0.1, 0.15) is 38.4 Å². The quantitative estimate of drug-likeness (QED) is 0.389. The number of rotatable bonds is 5. The van der Waals surface area contributed by atoms with Gasteiger partial charge in [-0.15, -0.1) is 0 Å². The predicted molar refractivity (Wildman–Crippen MR) is 116 cm³/mol. The van der Waals surface area contributed by atoms with E-state index >= 15 is 0 Å². The second-order valence-corrected chi connectivity index (χ2v) is 7.89. The van der Waals surface area contributed by atoms with E-state index in [1.165, 1.54) is 11.1 Å². The number of amides is 1. The molecule has 2 N–H and O–H groups in total. The zero-order valence-electron chi connectivity index (χ0n) is 17.2. The lowest BCUT2D eigenvalue weighted by Gasteiger charge is -2.14. The molecule has 31 heavy (non-hydrogen) atoms. The molecule has 0 bridgehead atoms. The van der Waals surface area contributed by atoms with E-state index in [1.54, 1.807) is 17.6 Å². The molecule has 0 unspecified atom stereocenters. The first-order chi connectivity index (χ1) is 15.1. The van der Waals surface area contributed by atoms with Crippen molar-refractivity contribution in [2.24, 2.45) is 7.05 Å². The van der Waals surface area contributed by atoms with Gasteiger partial charge in [-0.05, 0) is 36.1 Å². The van der Waals surface area contributed by atoms with E-state index < -0.39 is 5.91 Å². The van der Waals surface area contributed by atoms with Crippen molar-refractivity contribution in [3.8, 4) is 11.3 Å². The topological polar surface area (TPSA) is 85.0 Å². The van der Waals surface area contributed by atoms with Crippen molar-refractivity contribution in [1.29, 1.82) is 0 Å². The maximum absolute atomic E-state index is 11.6. The SMILES string of the molecule is Cn1cc2c(n1)CCc1c(Cc3ccccc3)nn(Cc3ccc(C(=O)NO)cc3)c1-2. The first-order valence-electron chi connectivity index (χ1n) is 10.3. The summed E-state index contributed by atoms with van der Waals surface area (Å²) in [6.45, 7) is 0.590. The fraction of sp³-hybridized carbons (Fsp3) is 0.208. The summed E-state index contributed by atoms with van der Waals surface area (Å²) in [5.41, 5.74) is 10.1. The van der Waals surface area contributed by atoms with E-state index in [0.29, 0.717) is 12.1 Å². The fourth-order valence-electron chi connectivity index (χ4n) is 4.32. The number of aromatic nitrogens is 4. The van der Waals surface area contributed by atoms with Crippen molar-refractivity contribution < 1.29 is 10.0 Å². The Bertz CT molecular complexity index is 1240. The second kappa shape index (κ2) is 7.85. The standard InChI is InChI=1S/C24H23N5O2/c1-28-15-20-21(25-28)12-11-19-22(13-16-5-3-2-4-6-16)26-29(23(19)20)14-17-7-9-18(10-8-17)24(30)27-31/h2-10,15,31H,11-14H2,1H3,(H,27,30). The summed E-state index contributed by atoms with van der Waals surface area (Å²) in [6, 6.07) is 17.6. The van der Waals surface area contributed by atoms with E-state index in [2.05, 4.69) is 40.2 Å². The molecule has 7 heteroatoms. The Hall–Kier alpha value is -3.71. The number of nitrogens with one attached hydrogen (secondary N) is 1. The normalized spacial score (nSPS) is 12.3. The van der Waals surface area contributed by atoms with Gasteiger partial charge in [-0.1, -0.05) is 42.5 Å². The smallest absolute Gasteiger partial charge is 0.274 e. The molecule has 0 spiro atoms. The molecule has 2 aromatic heterocycles. The molecule has 0 fully saturated rings. The van der Waals surface area contributed by atoms with Gasteiger partial charge in [0.1, 0.15) is 0 Å². The number of carbonyl (C=O) groups excluding carboxylic acids is 1. The van der Waals surface area contributed by atoms with Gasteiger partial charge < -0.3 is 0 Å². The van der Waals surface area contributed by atoms with Crippen LogP contribution in [-0.2, 0) is 32.9 Å². The summed E-state index contributed by atoms with van der Waals surface area (Å²) in [4.78, 5) is 11.6. The van der Waals surface area contributed by atoms with Crippen LogP contribution in [0.3, 0.4) is 0 Å². The highest BCUT2D eigenvalue weighted by Crippen LogP contribution is 2.36. The van der Waals surface area contributed by atoms with Crippen LogP contribution in [0.4, 0.5) is 0 Å². The zero-order valence-corrected chi connectivity index (χ0v) is 17.2. The number of aryl methyl sites for hydroxylation is 2. The van der Waals surface area contributed by atoms with Crippen LogP contribution in [-0.4, -0.2) is 30.7 Å². The summed E-state index contributed by atoms with van der Waals surface area (Å²) in [7, 11) is 1.95. The Kier molecular flexibility index (Phi) is 4.88. The second-order valence-electron chi connectivity index (χ2n) is 7.89. The predicted octanol–water partition coefficient (Wildman–Crippen LogP) is 3.14. The van der Waals surface area contributed by atoms with Crippen molar-refractivity contribution in [2.75, 3.05) is 0 Å². The fourth-order valence-corrected chi connectivity index (χ4v) is 4.32. The lowest BCUT2D eigenvalue weighted by Crippen LogP contribution is -2.18. The average Bonchev–Trinajstić information content (AvgIpc) is 3.34. The first-order valence-corrected chi connectivity index (χ1v) is 10.3. The Balaban J connectivity index is 1.54. The molecule has 156 valence electrons. The minimum Gasteiger partial charge on any atom is -0.288 e. The molecular formula is C24H23N5O2. The number of hydrogen-bond donors (Lipinski definition) is 2. The number of fused-ring (bicyclic) bond motifs is 3. The number of hydroxylamine groups is 1. The molecule has 0 aliphatic heterocycles. The maximum atomic E-state index is 11.6. The van der Waals surface area contributed by atoms with Crippen molar-refractivity contribution >= 4 is 5.91 Å². The lowest BCUT2D eigenvalue weighted by atomic mass is 9.92. The first kappa shape index (κ1) is 19.3. The van der Waals surface area contributed by atoms with Crippen LogP contribution in [0.5, 0.6) is 0 Å². The van der Waals surface area contributed by atoms with Crippen LogP contribution >= 0.6 is 0 Å². The molecule has 4 aromatic rings. The summed E-state index contributed by atoms with van der Waals surface area (Å²) in [6.07, 6.45) is 4.71. The largest absolute Gasteiger partial charge is 0.288 e. The van der Waals surface area contributed by atoms with Gasteiger partial charge in [0.15, 0.2) is 0 Å². The molecule has 0 saturated carbocycles. The summed E-state index contributed by atoms with van der Waals surface area (Å²) >= 11 is 0. The molecule has 5 rings (SSSR count). The molecule has 1 aliphatic carbocycles. The van der Waals surface area contributed by atoms with Gasteiger partial charge in [-0.2, -0.15) is 10.2 Å². The van der Waals surface area contributed by atoms with Crippen LogP contribution < -0.4 is 5.48 Å². The highest BCUT2D eigenvalue weighted by Gasteiger charge is 2.27. The van der Waals surface area contributed by atoms with E-state index in [1.807, 2.05) is 29.9 Å². The molecule has 1 amide bonds. The zero-order chi connectivity index (χ0) is 21.4. The van der Waals surface area contributed by atoms with Gasteiger partial charge in [0, 0.05) is 36.4 Å². The highest BCUT2D eigenvalue weighted by molar-refractivity contribution is 5.93.